The Kier molecular flexibility index (Phi) is 7.21. The van der Waals surface area contributed by atoms with Crippen molar-refractivity contribution in [1.29, 1.82) is 0 Å². The van der Waals surface area contributed by atoms with E-state index in [0.29, 0.717) is 11.7 Å². The fraction of sp³-hybridized carbons (Fsp3) is 0.696. The average molecular weight is 453 g/mol. The normalized spacial score (nSPS) is 26.2. The molecule has 0 saturated heterocycles. The lowest BCUT2D eigenvalue weighted by Gasteiger charge is -2.44. The van der Waals surface area contributed by atoms with Crippen molar-refractivity contribution in [3.8, 4) is 11.5 Å². The molecule has 7 nitrogen and oxygen atoms in total. The highest BCUT2D eigenvalue weighted by Crippen LogP contribution is 2.43. The van der Waals surface area contributed by atoms with Crippen molar-refractivity contribution in [1.82, 2.24) is 10.0 Å². The number of carbonyl (C=O) groups is 1. The third-order valence-electron chi connectivity index (χ3n) is 6.91. The van der Waals surface area contributed by atoms with Crippen LogP contribution in [0.2, 0.25) is 0 Å². The van der Waals surface area contributed by atoms with E-state index in [9.17, 15) is 13.2 Å². The molecule has 0 aliphatic heterocycles. The Labute approximate surface area is 186 Å². The molecule has 1 aromatic rings. The highest BCUT2D eigenvalue weighted by atomic mass is 32.2. The molecule has 31 heavy (non-hydrogen) atoms. The Balaban J connectivity index is 1.73. The number of nitrogens with one attached hydrogen (secondary N) is 2. The summed E-state index contributed by atoms with van der Waals surface area (Å²) in [6.45, 7) is 5.42. The van der Waals surface area contributed by atoms with E-state index in [2.05, 4.69) is 17.0 Å². The van der Waals surface area contributed by atoms with Crippen LogP contribution in [0.15, 0.2) is 23.1 Å². The quantitative estimate of drug-likeness (QED) is 0.630. The third kappa shape index (κ3) is 5.34. The first kappa shape index (κ1) is 23.9. The van der Waals surface area contributed by atoms with Crippen molar-refractivity contribution in [2.24, 2.45) is 17.8 Å². The molecule has 8 heteroatoms. The maximum Gasteiger partial charge on any atom is 0.245 e. The largest absolute Gasteiger partial charge is 0.497 e. The molecule has 2 saturated carbocycles. The summed E-state index contributed by atoms with van der Waals surface area (Å²) in [5.41, 5.74) is -1.32. The fourth-order valence-corrected chi connectivity index (χ4v) is 6.70. The number of rotatable bonds is 8. The van der Waals surface area contributed by atoms with E-state index in [1.165, 1.54) is 39.2 Å². The van der Waals surface area contributed by atoms with E-state index < -0.39 is 15.6 Å². The molecule has 0 aromatic heterocycles. The van der Waals surface area contributed by atoms with Crippen LogP contribution in [0.3, 0.4) is 0 Å². The Morgan fingerprint density at radius 2 is 1.87 bits per heavy atom. The first-order valence-electron chi connectivity index (χ1n) is 11.2. The zero-order valence-corrected chi connectivity index (χ0v) is 20.1. The molecule has 174 valence electrons. The van der Waals surface area contributed by atoms with Gasteiger partial charge in [-0.2, -0.15) is 4.72 Å². The third-order valence-corrected chi connectivity index (χ3v) is 8.58. The van der Waals surface area contributed by atoms with Gasteiger partial charge in [0, 0.05) is 12.1 Å². The van der Waals surface area contributed by atoms with Gasteiger partial charge in [-0.15, -0.1) is 0 Å². The van der Waals surface area contributed by atoms with E-state index in [1.54, 1.807) is 19.9 Å². The maximum atomic E-state index is 13.1. The fourth-order valence-electron chi connectivity index (χ4n) is 5.13. The van der Waals surface area contributed by atoms with Crippen molar-refractivity contribution in [2.75, 3.05) is 14.2 Å². The summed E-state index contributed by atoms with van der Waals surface area (Å²) in [6.07, 6.45) is 6.89. The highest BCUT2D eigenvalue weighted by Gasteiger charge is 2.41. The monoisotopic (exact) mass is 452 g/mol. The predicted molar refractivity (Wildman–Crippen MR) is 120 cm³/mol. The van der Waals surface area contributed by atoms with E-state index in [-0.39, 0.29) is 22.6 Å². The van der Waals surface area contributed by atoms with Gasteiger partial charge in [-0.3, -0.25) is 4.79 Å². The van der Waals surface area contributed by atoms with E-state index in [0.717, 1.165) is 37.5 Å². The molecule has 4 atom stereocenters. The van der Waals surface area contributed by atoms with Crippen molar-refractivity contribution >= 4 is 15.9 Å². The van der Waals surface area contributed by atoms with Crippen molar-refractivity contribution in [3.63, 3.8) is 0 Å². The highest BCUT2D eigenvalue weighted by molar-refractivity contribution is 7.89. The number of hydrogen-bond donors (Lipinski definition) is 2. The van der Waals surface area contributed by atoms with Gasteiger partial charge >= 0.3 is 0 Å². The molecule has 1 amide bonds. The van der Waals surface area contributed by atoms with Gasteiger partial charge in [-0.25, -0.2) is 8.42 Å². The predicted octanol–water partition coefficient (Wildman–Crippen LogP) is 3.48. The molecule has 2 bridgehead atoms. The summed E-state index contributed by atoms with van der Waals surface area (Å²) < 4.78 is 39.2. The second-order valence-electron chi connectivity index (χ2n) is 9.51. The summed E-state index contributed by atoms with van der Waals surface area (Å²) in [6, 6.07) is 4.66. The molecule has 0 spiro atoms. The van der Waals surface area contributed by atoms with Gasteiger partial charge in [0.05, 0.1) is 14.2 Å². The van der Waals surface area contributed by atoms with Gasteiger partial charge in [0.2, 0.25) is 15.9 Å². The van der Waals surface area contributed by atoms with Gasteiger partial charge in [-0.1, -0.05) is 13.3 Å². The summed E-state index contributed by atoms with van der Waals surface area (Å²) in [5.74, 6) is 2.25. The van der Waals surface area contributed by atoms with E-state index in [4.69, 9.17) is 9.47 Å². The summed E-state index contributed by atoms with van der Waals surface area (Å²) in [7, 11) is -1.15. The van der Waals surface area contributed by atoms with Crippen LogP contribution in [-0.2, 0) is 14.8 Å². The number of carbonyl (C=O) groups excluding carboxylic acids is 1. The van der Waals surface area contributed by atoms with Gasteiger partial charge in [-0.05, 0) is 75.8 Å². The van der Waals surface area contributed by atoms with Crippen LogP contribution >= 0.6 is 0 Å². The molecular weight excluding hydrogens is 416 g/mol. The molecule has 2 aliphatic carbocycles. The van der Waals surface area contributed by atoms with Crippen LogP contribution in [0.1, 0.15) is 59.3 Å². The van der Waals surface area contributed by atoms with Crippen molar-refractivity contribution < 1.29 is 22.7 Å². The van der Waals surface area contributed by atoms with Crippen molar-refractivity contribution in [2.45, 2.75) is 75.8 Å². The van der Waals surface area contributed by atoms with Crippen LogP contribution in [0.5, 0.6) is 11.5 Å². The minimum Gasteiger partial charge on any atom is -0.497 e. The summed E-state index contributed by atoms with van der Waals surface area (Å²) in [5, 5.41) is 3.16. The molecule has 2 aliphatic rings. The minimum absolute atomic E-state index is 0.0613. The minimum atomic E-state index is -4.02. The second-order valence-corrected chi connectivity index (χ2v) is 11.2. The Morgan fingerprint density at radius 1 is 1.13 bits per heavy atom. The van der Waals surface area contributed by atoms with Crippen molar-refractivity contribution in [3.05, 3.63) is 18.2 Å². The standard InChI is InChI=1S/C23H36N2O5S/c1-6-15-11-16-7-9-19(17(12-15)13-16)24-22(26)23(2,3)25-31(27,28)21-14-18(29-4)8-10-20(21)30-5/h8,10,14-17,19,25H,6-7,9,11-13H2,1-5H3,(H,24,26). The number of amides is 1. The van der Waals surface area contributed by atoms with Crippen LogP contribution in [-0.4, -0.2) is 40.1 Å². The van der Waals surface area contributed by atoms with Crippen LogP contribution in [0.25, 0.3) is 0 Å². The Hall–Kier alpha value is -1.80. The molecule has 3 rings (SSSR count). The lowest BCUT2D eigenvalue weighted by molar-refractivity contribution is -0.127. The molecule has 2 N–H and O–H groups in total. The number of ether oxygens (including phenoxy) is 2. The lowest BCUT2D eigenvalue weighted by atomic mass is 9.65. The first-order valence-corrected chi connectivity index (χ1v) is 12.6. The van der Waals surface area contributed by atoms with E-state index in [1.807, 2.05) is 0 Å². The van der Waals surface area contributed by atoms with Gasteiger partial charge in [0.25, 0.3) is 0 Å². The SMILES string of the molecule is CCC1CC2CCC(NC(=O)C(C)(C)NS(=O)(=O)c3cc(OC)ccc3OC)C(C1)C2. The molecule has 4 unspecified atom stereocenters. The number of fused-ring (bicyclic) bond motifs is 2. The summed E-state index contributed by atoms with van der Waals surface area (Å²) in [4.78, 5) is 13.1. The molecule has 2 fully saturated rings. The Morgan fingerprint density at radius 3 is 2.52 bits per heavy atom. The molecule has 1 aromatic carbocycles. The van der Waals surface area contributed by atoms with Gasteiger partial charge in [0.15, 0.2) is 0 Å². The number of hydrogen-bond acceptors (Lipinski definition) is 5. The number of methoxy groups -OCH3 is 2. The molecular formula is C23H36N2O5S. The maximum absolute atomic E-state index is 13.1. The second kappa shape index (κ2) is 9.36. The molecule has 0 heterocycles. The van der Waals surface area contributed by atoms with Crippen LogP contribution < -0.4 is 19.5 Å². The molecule has 0 radical (unpaired) electrons. The average Bonchev–Trinajstić information content (AvgIpc) is 2.74. The van der Waals surface area contributed by atoms with Crippen LogP contribution in [0.4, 0.5) is 0 Å². The zero-order chi connectivity index (χ0) is 22.8. The Bertz CT molecular complexity index is 899. The van der Waals surface area contributed by atoms with Gasteiger partial charge < -0.3 is 14.8 Å². The van der Waals surface area contributed by atoms with Gasteiger partial charge in [0.1, 0.15) is 21.9 Å². The lowest BCUT2D eigenvalue weighted by Crippen LogP contribution is -2.58. The van der Waals surface area contributed by atoms with Crippen LogP contribution in [0, 0.1) is 17.8 Å². The first-order chi connectivity index (χ1) is 14.6. The van der Waals surface area contributed by atoms with E-state index >= 15 is 0 Å². The topological polar surface area (TPSA) is 93.7 Å². The zero-order valence-electron chi connectivity index (χ0n) is 19.2. The number of benzene rings is 1. The summed E-state index contributed by atoms with van der Waals surface area (Å²) >= 11 is 0. The smallest absolute Gasteiger partial charge is 0.245 e. The number of sulfonamides is 1.